The summed E-state index contributed by atoms with van der Waals surface area (Å²) in [6, 6.07) is 9.17. The highest BCUT2D eigenvalue weighted by Crippen LogP contribution is 2.37. The van der Waals surface area contributed by atoms with E-state index < -0.39 is 5.91 Å². The molecule has 0 heterocycles. The van der Waals surface area contributed by atoms with Crippen molar-refractivity contribution < 1.29 is 9.90 Å². The summed E-state index contributed by atoms with van der Waals surface area (Å²) < 4.78 is 0. The fourth-order valence-electron chi connectivity index (χ4n) is 2.53. The third-order valence-electron chi connectivity index (χ3n) is 3.79. The molecule has 2 aromatic rings. The molecule has 2 rings (SSSR count). The Morgan fingerprint density at radius 1 is 1.13 bits per heavy atom. The van der Waals surface area contributed by atoms with Crippen molar-refractivity contribution in [2.75, 3.05) is 5.32 Å². The molecule has 0 spiro atoms. The highest BCUT2D eigenvalue weighted by Gasteiger charge is 2.25. The number of hydrogen-bond donors (Lipinski definition) is 2. The number of phenolic OH excluding ortho intramolecular Hbond substituents is 1. The molecule has 2 aromatic carbocycles. The van der Waals surface area contributed by atoms with E-state index in [2.05, 4.69) is 5.32 Å². The van der Waals surface area contributed by atoms with Crippen molar-refractivity contribution in [3.63, 3.8) is 0 Å². The smallest absolute Gasteiger partial charge is 0.260 e. The maximum absolute atomic E-state index is 12.6. The lowest BCUT2D eigenvalue weighted by Crippen LogP contribution is -2.17. The Hall–Kier alpha value is -2.00. The van der Waals surface area contributed by atoms with Gasteiger partial charge in [0.25, 0.3) is 5.91 Å². The quantitative estimate of drug-likeness (QED) is 0.793. The number of amides is 1. The molecule has 1 amide bonds. The number of halogens is 1. The van der Waals surface area contributed by atoms with E-state index in [1.165, 1.54) is 0 Å². The molecular formula is C19H22ClNO2. The lowest BCUT2D eigenvalue weighted by atomic mass is 9.85. The number of nitrogens with one attached hydrogen (secondary N) is 1. The first kappa shape index (κ1) is 17.4. The van der Waals surface area contributed by atoms with Gasteiger partial charge < -0.3 is 10.4 Å². The molecule has 0 saturated carbocycles. The van der Waals surface area contributed by atoms with Crippen molar-refractivity contribution >= 4 is 23.2 Å². The van der Waals surface area contributed by atoms with Crippen LogP contribution in [0.4, 0.5) is 5.69 Å². The predicted octanol–water partition coefficient (Wildman–Crippen LogP) is 5.21. The number of aromatic hydroxyl groups is 1. The first-order valence-electron chi connectivity index (χ1n) is 7.52. The molecule has 0 saturated heterocycles. The number of anilines is 1. The van der Waals surface area contributed by atoms with Gasteiger partial charge in [0.15, 0.2) is 0 Å². The van der Waals surface area contributed by atoms with Gasteiger partial charge >= 0.3 is 0 Å². The second kappa shape index (κ2) is 6.25. The van der Waals surface area contributed by atoms with Crippen molar-refractivity contribution in [1.82, 2.24) is 0 Å². The SMILES string of the molecule is Cc1ccc(NC(=O)c2c(Cl)ccc(C(C)(C)C)c2O)c(C)c1. The van der Waals surface area contributed by atoms with Crippen molar-refractivity contribution in [3.8, 4) is 5.75 Å². The van der Waals surface area contributed by atoms with Crippen LogP contribution in [0.3, 0.4) is 0 Å². The lowest BCUT2D eigenvalue weighted by molar-refractivity contribution is 0.102. The number of hydrogen-bond acceptors (Lipinski definition) is 2. The summed E-state index contributed by atoms with van der Waals surface area (Å²) in [6.07, 6.45) is 0. The fourth-order valence-corrected chi connectivity index (χ4v) is 2.76. The second-order valence-electron chi connectivity index (χ2n) is 6.84. The van der Waals surface area contributed by atoms with Gasteiger partial charge in [-0.05, 0) is 37.0 Å². The number of phenols is 1. The van der Waals surface area contributed by atoms with E-state index in [4.69, 9.17) is 11.6 Å². The van der Waals surface area contributed by atoms with Gasteiger partial charge in [-0.2, -0.15) is 0 Å². The molecule has 0 fully saturated rings. The third-order valence-corrected chi connectivity index (χ3v) is 4.11. The van der Waals surface area contributed by atoms with Gasteiger partial charge in [0.05, 0.1) is 5.02 Å². The summed E-state index contributed by atoms with van der Waals surface area (Å²) >= 11 is 6.16. The zero-order valence-corrected chi connectivity index (χ0v) is 14.9. The Balaban J connectivity index is 2.43. The fraction of sp³-hybridized carbons (Fsp3) is 0.316. The zero-order chi connectivity index (χ0) is 17.4. The van der Waals surface area contributed by atoms with Gasteiger partial charge in [-0.1, -0.05) is 56.1 Å². The highest BCUT2D eigenvalue weighted by atomic mass is 35.5. The van der Waals surface area contributed by atoms with Crippen LogP contribution in [-0.4, -0.2) is 11.0 Å². The molecule has 0 bridgehead atoms. The monoisotopic (exact) mass is 331 g/mol. The largest absolute Gasteiger partial charge is 0.507 e. The standard InChI is InChI=1S/C19H22ClNO2/c1-11-6-9-15(12(2)10-11)21-18(23)16-14(20)8-7-13(17(16)22)19(3,4)5/h6-10,22H,1-5H3,(H,21,23). The van der Waals surface area contributed by atoms with Crippen LogP contribution < -0.4 is 5.32 Å². The topological polar surface area (TPSA) is 49.3 Å². The molecule has 4 heteroatoms. The predicted molar refractivity (Wildman–Crippen MR) is 95.7 cm³/mol. The summed E-state index contributed by atoms with van der Waals surface area (Å²) in [4.78, 5) is 12.6. The zero-order valence-electron chi connectivity index (χ0n) is 14.1. The van der Waals surface area contributed by atoms with Crippen molar-refractivity contribution in [2.24, 2.45) is 0 Å². The number of benzene rings is 2. The first-order chi connectivity index (χ1) is 10.6. The number of rotatable bonds is 2. The van der Waals surface area contributed by atoms with Crippen LogP contribution in [0.5, 0.6) is 5.75 Å². The summed E-state index contributed by atoms with van der Waals surface area (Å²) in [6.45, 7) is 9.84. The number of carbonyl (C=O) groups is 1. The van der Waals surface area contributed by atoms with E-state index in [0.29, 0.717) is 11.3 Å². The van der Waals surface area contributed by atoms with Crippen LogP contribution in [0.25, 0.3) is 0 Å². The molecular weight excluding hydrogens is 310 g/mol. The Bertz CT molecular complexity index is 761. The van der Waals surface area contributed by atoms with Gasteiger partial charge in [0, 0.05) is 11.3 Å². The minimum Gasteiger partial charge on any atom is -0.507 e. The van der Waals surface area contributed by atoms with Crippen LogP contribution in [-0.2, 0) is 5.41 Å². The van der Waals surface area contributed by atoms with Gasteiger partial charge in [-0.15, -0.1) is 0 Å². The normalized spacial score (nSPS) is 11.4. The first-order valence-corrected chi connectivity index (χ1v) is 7.89. The summed E-state index contributed by atoms with van der Waals surface area (Å²) in [5.41, 5.74) is 3.30. The molecule has 0 aliphatic carbocycles. The Labute approximate surface area is 142 Å². The molecule has 122 valence electrons. The lowest BCUT2D eigenvalue weighted by Gasteiger charge is -2.22. The van der Waals surface area contributed by atoms with E-state index in [0.717, 1.165) is 11.1 Å². The Kier molecular flexibility index (Phi) is 4.71. The summed E-state index contributed by atoms with van der Waals surface area (Å²) in [5.74, 6) is -0.474. The van der Waals surface area contributed by atoms with Gasteiger partial charge in [0.1, 0.15) is 11.3 Å². The summed E-state index contributed by atoms with van der Waals surface area (Å²) in [5, 5.41) is 13.6. The third kappa shape index (κ3) is 3.67. The van der Waals surface area contributed by atoms with Gasteiger partial charge in [-0.3, -0.25) is 4.79 Å². The molecule has 2 N–H and O–H groups in total. The van der Waals surface area contributed by atoms with Crippen molar-refractivity contribution in [3.05, 3.63) is 57.6 Å². The molecule has 3 nitrogen and oxygen atoms in total. The van der Waals surface area contributed by atoms with Gasteiger partial charge in [-0.25, -0.2) is 0 Å². The van der Waals surface area contributed by atoms with Crippen molar-refractivity contribution in [2.45, 2.75) is 40.0 Å². The minimum atomic E-state index is -0.412. The number of carbonyl (C=O) groups excluding carboxylic acids is 1. The van der Waals surface area contributed by atoms with Gasteiger partial charge in [0.2, 0.25) is 0 Å². The summed E-state index contributed by atoms with van der Waals surface area (Å²) in [7, 11) is 0. The minimum absolute atomic E-state index is 0.0627. The maximum atomic E-state index is 12.6. The van der Waals surface area contributed by atoms with E-state index in [1.54, 1.807) is 12.1 Å². The van der Waals surface area contributed by atoms with Crippen LogP contribution in [0.15, 0.2) is 30.3 Å². The van der Waals surface area contributed by atoms with E-state index in [1.807, 2.05) is 52.8 Å². The Morgan fingerprint density at radius 3 is 2.35 bits per heavy atom. The highest BCUT2D eigenvalue weighted by molar-refractivity contribution is 6.35. The second-order valence-corrected chi connectivity index (χ2v) is 7.25. The van der Waals surface area contributed by atoms with Crippen LogP contribution in [0, 0.1) is 13.8 Å². The Morgan fingerprint density at radius 2 is 1.78 bits per heavy atom. The molecule has 0 aromatic heterocycles. The van der Waals surface area contributed by atoms with Crippen molar-refractivity contribution in [1.29, 1.82) is 0 Å². The van der Waals surface area contributed by atoms with E-state index in [9.17, 15) is 9.90 Å². The molecule has 0 aliphatic rings. The number of aryl methyl sites for hydroxylation is 2. The average Bonchev–Trinajstić information content (AvgIpc) is 2.40. The molecule has 0 unspecified atom stereocenters. The molecule has 23 heavy (non-hydrogen) atoms. The molecule has 0 aliphatic heterocycles. The van der Waals surface area contributed by atoms with E-state index in [-0.39, 0.29) is 21.8 Å². The van der Waals surface area contributed by atoms with Crippen LogP contribution >= 0.6 is 11.6 Å². The maximum Gasteiger partial charge on any atom is 0.260 e. The molecule has 0 atom stereocenters. The van der Waals surface area contributed by atoms with Crippen LogP contribution in [0.2, 0.25) is 5.02 Å². The molecule has 0 radical (unpaired) electrons. The van der Waals surface area contributed by atoms with Crippen LogP contribution in [0.1, 0.15) is 47.8 Å². The average molecular weight is 332 g/mol. The van der Waals surface area contributed by atoms with E-state index >= 15 is 0 Å².